The highest BCUT2D eigenvalue weighted by Gasteiger charge is 2.21. The van der Waals surface area contributed by atoms with Crippen LogP contribution < -0.4 is 10.0 Å². The highest BCUT2D eigenvalue weighted by molar-refractivity contribution is 7.89. The number of amides is 1. The normalized spacial score (nSPS) is 12.6. The van der Waals surface area contributed by atoms with Crippen molar-refractivity contribution in [1.82, 2.24) is 10.0 Å². The zero-order valence-corrected chi connectivity index (χ0v) is 15.1. The van der Waals surface area contributed by atoms with E-state index < -0.39 is 27.9 Å². The lowest BCUT2D eigenvalue weighted by Gasteiger charge is -2.14. The van der Waals surface area contributed by atoms with Crippen molar-refractivity contribution in [2.45, 2.75) is 37.1 Å². The number of carbonyl (C=O) groups excluding carboxylic acids is 1. The highest BCUT2D eigenvalue weighted by atomic mass is 32.2. The van der Waals surface area contributed by atoms with Gasteiger partial charge in [-0.1, -0.05) is 25.8 Å². The maximum atomic E-state index is 12.3. The van der Waals surface area contributed by atoms with Gasteiger partial charge in [-0.05, 0) is 24.6 Å². The number of carboxylic acid groups (broad SMARTS) is 1. The molecule has 0 saturated heterocycles. The van der Waals surface area contributed by atoms with Gasteiger partial charge in [0.1, 0.15) is 6.04 Å². The van der Waals surface area contributed by atoms with E-state index in [1.54, 1.807) is 0 Å². The number of aliphatic carboxylic acids is 1. The van der Waals surface area contributed by atoms with Crippen LogP contribution in [0.5, 0.6) is 0 Å². The van der Waals surface area contributed by atoms with Gasteiger partial charge in [-0.25, -0.2) is 17.9 Å². The van der Waals surface area contributed by atoms with Gasteiger partial charge in [-0.15, -0.1) is 0 Å². The first-order chi connectivity index (χ1) is 11.8. The average Bonchev–Trinajstić information content (AvgIpc) is 2.58. The molecule has 1 unspecified atom stereocenters. The molecular formula is C16H24N2O6S. The second kappa shape index (κ2) is 10.1. The molecule has 0 aliphatic carbocycles. The molecule has 3 N–H and O–H groups in total. The van der Waals surface area contributed by atoms with Gasteiger partial charge >= 0.3 is 5.97 Å². The van der Waals surface area contributed by atoms with E-state index in [1.807, 2.05) is 6.92 Å². The largest absolute Gasteiger partial charge is 0.480 e. The molecule has 1 rings (SSSR count). The lowest BCUT2D eigenvalue weighted by Crippen LogP contribution is -2.40. The molecule has 9 heteroatoms. The highest BCUT2D eigenvalue weighted by Crippen LogP contribution is 2.12. The van der Waals surface area contributed by atoms with Crippen LogP contribution in [0.15, 0.2) is 29.2 Å². The third-order valence-electron chi connectivity index (χ3n) is 3.45. The summed E-state index contributed by atoms with van der Waals surface area (Å²) in [7, 11) is -2.32. The number of hydrogen-bond donors (Lipinski definition) is 3. The smallest absolute Gasteiger partial charge is 0.326 e. The zero-order chi connectivity index (χ0) is 18.9. The Bertz CT molecular complexity index is 690. The van der Waals surface area contributed by atoms with Crippen LogP contribution in [-0.4, -0.2) is 51.7 Å². The Morgan fingerprint density at radius 1 is 1.32 bits per heavy atom. The van der Waals surface area contributed by atoms with Crippen LogP contribution in [0.25, 0.3) is 0 Å². The molecule has 1 atom stereocenters. The Kier molecular flexibility index (Phi) is 8.53. The van der Waals surface area contributed by atoms with Gasteiger partial charge in [-0.3, -0.25) is 4.79 Å². The monoisotopic (exact) mass is 372 g/mol. The molecule has 0 aliphatic rings. The van der Waals surface area contributed by atoms with Gasteiger partial charge < -0.3 is 15.2 Å². The van der Waals surface area contributed by atoms with Crippen molar-refractivity contribution in [2.75, 3.05) is 20.3 Å². The summed E-state index contributed by atoms with van der Waals surface area (Å²) in [5, 5.41) is 11.6. The van der Waals surface area contributed by atoms with Crippen LogP contribution in [0, 0.1) is 0 Å². The van der Waals surface area contributed by atoms with Crippen LogP contribution in [0.4, 0.5) is 0 Å². The minimum absolute atomic E-state index is 0.0725. The molecule has 0 spiro atoms. The summed E-state index contributed by atoms with van der Waals surface area (Å²) in [5.74, 6) is -1.75. The molecule has 0 aromatic heterocycles. The van der Waals surface area contributed by atoms with E-state index in [2.05, 4.69) is 10.0 Å². The summed E-state index contributed by atoms with van der Waals surface area (Å²) >= 11 is 0. The number of carbonyl (C=O) groups is 2. The Morgan fingerprint density at radius 2 is 2.04 bits per heavy atom. The van der Waals surface area contributed by atoms with Crippen molar-refractivity contribution in [2.24, 2.45) is 0 Å². The summed E-state index contributed by atoms with van der Waals surface area (Å²) in [5.41, 5.74) is 0.0809. The first kappa shape index (κ1) is 21.1. The summed E-state index contributed by atoms with van der Waals surface area (Å²) in [6, 6.07) is 4.43. The number of rotatable bonds is 11. The van der Waals surface area contributed by atoms with Crippen molar-refractivity contribution < 1.29 is 27.9 Å². The Hall–Kier alpha value is -1.97. The second-order valence-corrected chi connectivity index (χ2v) is 7.19. The molecule has 8 nitrogen and oxygen atoms in total. The predicted octanol–water partition coefficient (Wildman–Crippen LogP) is 0.984. The lowest BCUT2D eigenvalue weighted by atomic mass is 10.1. The van der Waals surface area contributed by atoms with Gasteiger partial charge in [0.25, 0.3) is 5.91 Å². The number of methoxy groups -OCH3 is 1. The third kappa shape index (κ3) is 6.81. The summed E-state index contributed by atoms with van der Waals surface area (Å²) in [4.78, 5) is 23.4. The quantitative estimate of drug-likeness (QED) is 0.498. The molecule has 0 heterocycles. The third-order valence-corrected chi connectivity index (χ3v) is 4.91. The van der Waals surface area contributed by atoms with Crippen molar-refractivity contribution >= 4 is 21.9 Å². The molecule has 1 amide bonds. The fraction of sp³-hybridized carbons (Fsp3) is 0.500. The van der Waals surface area contributed by atoms with Gasteiger partial charge in [0, 0.05) is 19.2 Å². The number of benzene rings is 1. The minimum Gasteiger partial charge on any atom is -0.480 e. The Balaban J connectivity index is 2.88. The van der Waals surface area contributed by atoms with Crippen LogP contribution in [0.3, 0.4) is 0 Å². The molecule has 0 radical (unpaired) electrons. The van der Waals surface area contributed by atoms with Crippen LogP contribution in [0.1, 0.15) is 36.5 Å². The molecule has 140 valence electrons. The van der Waals surface area contributed by atoms with Gasteiger partial charge in [0.15, 0.2) is 0 Å². The van der Waals surface area contributed by atoms with Gasteiger partial charge in [0.2, 0.25) is 10.0 Å². The zero-order valence-electron chi connectivity index (χ0n) is 14.3. The molecule has 1 aromatic rings. The summed E-state index contributed by atoms with van der Waals surface area (Å²) < 4.78 is 31.5. The molecular weight excluding hydrogens is 348 g/mol. The van der Waals surface area contributed by atoms with E-state index in [-0.39, 0.29) is 23.6 Å². The Labute approximate surface area is 147 Å². The fourth-order valence-electron chi connectivity index (χ4n) is 2.07. The standard InChI is InChI=1S/C16H24N2O6S/c1-3-4-8-14(16(20)21)18-15(19)12-6-5-7-13(11-12)25(22,23)17-9-10-24-2/h5-7,11,14,17H,3-4,8-10H2,1-2H3,(H,18,19)(H,20,21). The van der Waals surface area contributed by atoms with Crippen molar-refractivity contribution in [3.63, 3.8) is 0 Å². The predicted molar refractivity (Wildman–Crippen MR) is 91.9 cm³/mol. The second-order valence-electron chi connectivity index (χ2n) is 5.42. The van der Waals surface area contributed by atoms with Crippen molar-refractivity contribution in [3.8, 4) is 0 Å². The van der Waals surface area contributed by atoms with Gasteiger partial charge in [0.05, 0.1) is 11.5 Å². The molecule has 1 aromatic carbocycles. The number of hydrogen-bond acceptors (Lipinski definition) is 5. The SMILES string of the molecule is CCCCC(NC(=O)c1cccc(S(=O)(=O)NCCOC)c1)C(=O)O. The van der Waals surface area contributed by atoms with E-state index >= 15 is 0 Å². The van der Waals surface area contributed by atoms with Gasteiger partial charge in [-0.2, -0.15) is 0 Å². The molecule has 25 heavy (non-hydrogen) atoms. The number of ether oxygens (including phenoxy) is 1. The summed E-state index contributed by atoms with van der Waals surface area (Å²) in [6.45, 7) is 2.25. The van der Waals surface area contributed by atoms with E-state index in [9.17, 15) is 18.0 Å². The molecule has 0 fully saturated rings. The average molecular weight is 372 g/mol. The maximum absolute atomic E-state index is 12.3. The number of sulfonamides is 1. The van der Waals surface area contributed by atoms with E-state index in [0.29, 0.717) is 12.8 Å². The van der Waals surface area contributed by atoms with Crippen LogP contribution in [0.2, 0.25) is 0 Å². The first-order valence-electron chi connectivity index (χ1n) is 7.94. The fourth-order valence-corrected chi connectivity index (χ4v) is 3.13. The topological polar surface area (TPSA) is 122 Å². The van der Waals surface area contributed by atoms with Crippen LogP contribution in [-0.2, 0) is 19.6 Å². The number of nitrogens with one attached hydrogen (secondary N) is 2. The number of unbranched alkanes of at least 4 members (excludes halogenated alkanes) is 1. The summed E-state index contributed by atoms with van der Waals surface area (Å²) in [6.07, 6.45) is 1.78. The first-order valence-corrected chi connectivity index (χ1v) is 9.42. The van der Waals surface area contributed by atoms with E-state index in [4.69, 9.17) is 9.84 Å². The molecule has 0 saturated carbocycles. The van der Waals surface area contributed by atoms with Crippen LogP contribution >= 0.6 is 0 Å². The maximum Gasteiger partial charge on any atom is 0.326 e. The number of carboxylic acids is 1. The Morgan fingerprint density at radius 3 is 2.64 bits per heavy atom. The molecule has 0 bridgehead atoms. The van der Waals surface area contributed by atoms with Crippen molar-refractivity contribution in [1.29, 1.82) is 0 Å². The minimum atomic E-state index is -3.77. The van der Waals surface area contributed by atoms with E-state index in [0.717, 1.165) is 6.42 Å². The molecule has 0 aliphatic heterocycles. The lowest BCUT2D eigenvalue weighted by molar-refractivity contribution is -0.139. The van der Waals surface area contributed by atoms with Crippen molar-refractivity contribution in [3.05, 3.63) is 29.8 Å². The van der Waals surface area contributed by atoms with E-state index in [1.165, 1.54) is 31.4 Å².